The maximum absolute atomic E-state index is 11.9. The second-order valence-corrected chi connectivity index (χ2v) is 4.94. The fourth-order valence-electron chi connectivity index (χ4n) is 2.30. The van der Waals surface area contributed by atoms with E-state index in [-0.39, 0.29) is 52.5 Å². The van der Waals surface area contributed by atoms with Crippen molar-refractivity contribution in [2.45, 2.75) is 40.0 Å². The molecule has 22 heavy (non-hydrogen) atoms. The van der Waals surface area contributed by atoms with Gasteiger partial charge in [0.25, 0.3) is 5.91 Å². The number of amidine groups is 1. The van der Waals surface area contributed by atoms with E-state index >= 15 is 0 Å². The number of nitrogens with zero attached hydrogens (tertiary/aromatic N) is 1. The quantitative estimate of drug-likeness (QED) is 0.293. The third kappa shape index (κ3) is 7.23. The molecule has 11 heteroatoms. The Labute approximate surface area is 162 Å². The normalized spacial score (nSPS) is 21.5. The van der Waals surface area contributed by atoms with E-state index < -0.39 is 31.5 Å². The third-order valence-corrected chi connectivity index (χ3v) is 3.33. The second kappa shape index (κ2) is 12.7. The van der Waals surface area contributed by atoms with Crippen LogP contribution in [0.1, 0.15) is 40.0 Å². The number of carbonyl (C=O) groups is 2. The number of amides is 2. The van der Waals surface area contributed by atoms with Crippen molar-refractivity contribution in [3.8, 4) is 0 Å². The monoisotopic (exact) mass is 384 g/mol. The molecular weight excluding hydrogens is 366 g/mol. The first-order chi connectivity index (χ1) is 9.22. The number of rotatable bonds is 4. The smallest absolute Gasteiger partial charge is 0.846 e. The molecule has 0 spiro atoms. The van der Waals surface area contributed by atoms with Gasteiger partial charge in [0.1, 0.15) is 5.41 Å². The van der Waals surface area contributed by atoms with Gasteiger partial charge >= 0.3 is 46.6 Å². The predicted octanol–water partition coefficient (Wildman–Crippen LogP) is -4.71. The molecule has 8 nitrogen and oxygen atoms in total. The van der Waals surface area contributed by atoms with Gasteiger partial charge in [0.2, 0.25) is 5.91 Å². The van der Waals surface area contributed by atoms with E-state index in [2.05, 4.69) is 10.3 Å². The molecule has 0 fully saturated rings. The molecule has 1 aliphatic rings. The minimum atomic E-state index is -3.63. The van der Waals surface area contributed by atoms with Gasteiger partial charge in [-0.2, -0.15) is 0 Å². The molecule has 2 unspecified atom stereocenters. The number of carbonyl (C=O) groups excluding carboxylic acids is 2. The molecule has 0 aromatic heterocycles. The standard InChI is InChI=1S/C11H18N2O3.Fe.Na.H3O3P/c1-4-6-7(3)11(5-2)8(14)12-10(16)13-9(11)15;;;1-4(2)3/h7H,4-6H2,1-3H3,(H2,12,13,14,15,16);;;4H,(H2,1,2,3)/q;+2;+1;/p-3. The van der Waals surface area contributed by atoms with E-state index in [0.29, 0.717) is 6.42 Å². The molecule has 0 aromatic rings. The fraction of sp³-hybridized carbons (Fsp3) is 0.727. The van der Waals surface area contributed by atoms with Crippen molar-refractivity contribution in [1.82, 2.24) is 5.32 Å². The Morgan fingerprint density at radius 3 is 2.09 bits per heavy atom. The molecule has 122 valence electrons. The van der Waals surface area contributed by atoms with Gasteiger partial charge in [-0.15, -0.1) is 0 Å². The Bertz CT molecular complexity index is 433. The Hall–Kier alpha value is 0.279. The van der Waals surface area contributed by atoms with Crippen LogP contribution >= 0.6 is 8.25 Å². The first-order valence-corrected chi connectivity index (χ1v) is 7.44. The van der Waals surface area contributed by atoms with Crippen molar-refractivity contribution >= 4 is 26.1 Å². The van der Waals surface area contributed by atoms with Gasteiger partial charge in [0, 0.05) is 0 Å². The SMILES string of the molecule is CCCC(C)C1(CC)C(=O)N=C([O-])NC1=O.O=[PH]([O-])[O-].[Fe+2].[Na+]. The van der Waals surface area contributed by atoms with Crippen molar-refractivity contribution in [2.75, 3.05) is 0 Å². The Morgan fingerprint density at radius 2 is 1.77 bits per heavy atom. The molecule has 0 bridgehead atoms. The topological polar surface area (TPSA) is 145 Å². The zero-order valence-electron chi connectivity index (χ0n) is 12.9. The molecule has 1 aliphatic heterocycles. The molecular formula is C11H18FeN2NaO6P. The number of nitrogens with one attached hydrogen (secondary N) is 1. The van der Waals surface area contributed by atoms with Crippen LogP contribution in [0, 0.1) is 11.3 Å². The van der Waals surface area contributed by atoms with Gasteiger partial charge < -0.3 is 24.8 Å². The fourth-order valence-corrected chi connectivity index (χ4v) is 2.30. The Morgan fingerprint density at radius 1 is 1.32 bits per heavy atom. The van der Waals surface area contributed by atoms with Crippen LogP contribution in [0.15, 0.2) is 4.99 Å². The molecule has 0 aromatic carbocycles. The van der Waals surface area contributed by atoms with Crippen LogP contribution in [-0.2, 0) is 31.2 Å². The Kier molecular flexibility index (Phi) is 15.6. The second-order valence-electron chi connectivity index (χ2n) is 4.44. The molecule has 1 N–H and O–H groups in total. The predicted molar refractivity (Wildman–Crippen MR) is 66.4 cm³/mol. The van der Waals surface area contributed by atoms with Crippen LogP contribution in [0.3, 0.4) is 0 Å². The minimum Gasteiger partial charge on any atom is -0.846 e. The minimum absolute atomic E-state index is 0. The van der Waals surface area contributed by atoms with E-state index in [1.54, 1.807) is 6.92 Å². The summed E-state index contributed by atoms with van der Waals surface area (Å²) < 4.78 is 8.52. The van der Waals surface area contributed by atoms with Gasteiger partial charge in [-0.05, 0) is 18.8 Å². The molecule has 2 atom stereocenters. The van der Waals surface area contributed by atoms with Crippen LogP contribution in [0.4, 0.5) is 0 Å². The van der Waals surface area contributed by atoms with Crippen LogP contribution in [0.25, 0.3) is 0 Å². The summed E-state index contributed by atoms with van der Waals surface area (Å²) in [4.78, 5) is 44.1. The summed E-state index contributed by atoms with van der Waals surface area (Å²) in [6.07, 6.45) is 2.02. The molecule has 0 radical (unpaired) electrons. The maximum Gasteiger partial charge on any atom is 2.00 e. The molecule has 0 saturated heterocycles. The number of hydrogen-bond acceptors (Lipinski definition) is 6. The average Bonchev–Trinajstić information content (AvgIpc) is 2.28. The summed E-state index contributed by atoms with van der Waals surface area (Å²) in [7, 11) is -3.63. The van der Waals surface area contributed by atoms with E-state index in [4.69, 9.17) is 14.4 Å². The summed E-state index contributed by atoms with van der Waals surface area (Å²) in [6.45, 7) is 5.62. The summed E-state index contributed by atoms with van der Waals surface area (Å²) >= 11 is 0. The zero-order valence-corrected chi connectivity index (χ0v) is 17.1. The van der Waals surface area contributed by atoms with E-state index in [1.807, 2.05) is 13.8 Å². The summed E-state index contributed by atoms with van der Waals surface area (Å²) in [6, 6.07) is -0.845. The van der Waals surface area contributed by atoms with Crippen molar-refractivity contribution in [1.29, 1.82) is 0 Å². The summed E-state index contributed by atoms with van der Waals surface area (Å²) in [5.74, 6) is -1.20. The van der Waals surface area contributed by atoms with Gasteiger partial charge in [-0.1, -0.05) is 35.4 Å². The first-order valence-electron chi connectivity index (χ1n) is 6.21. The number of aliphatic imine (C=N–C) groups is 1. The average molecular weight is 384 g/mol. The van der Waals surface area contributed by atoms with Crippen LogP contribution < -0.4 is 49.8 Å². The van der Waals surface area contributed by atoms with Gasteiger partial charge in [0.05, 0.1) is 6.02 Å². The molecule has 1 heterocycles. The van der Waals surface area contributed by atoms with E-state index in [0.717, 1.165) is 12.8 Å². The zero-order chi connectivity index (χ0) is 15.9. The van der Waals surface area contributed by atoms with Gasteiger partial charge in [-0.3, -0.25) is 9.59 Å². The van der Waals surface area contributed by atoms with Crippen molar-refractivity contribution in [3.63, 3.8) is 0 Å². The van der Waals surface area contributed by atoms with Gasteiger partial charge in [-0.25, -0.2) is 4.99 Å². The molecule has 0 saturated carbocycles. The van der Waals surface area contributed by atoms with Crippen LogP contribution in [-0.4, -0.2) is 17.8 Å². The molecule has 0 aliphatic carbocycles. The van der Waals surface area contributed by atoms with Crippen molar-refractivity contribution < 1.29 is 75.7 Å². The van der Waals surface area contributed by atoms with Crippen molar-refractivity contribution in [3.05, 3.63) is 0 Å². The summed E-state index contributed by atoms with van der Waals surface area (Å²) in [5.41, 5.74) is -1.15. The van der Waals surface area contributed by atoms with E-state index in [1.165, 1.54) is 0 Å². The first kappa shape index (κ1) is 27.1. The molecule has 1 rings (SSSR count). The van der Waals surface area contributed by atoms with Crippen LogP contribution in [0.5, 0.6) is 0 Å². The Balaban J connectivity index is -0.000000538. The largest absolute Gasteiger partial charge is 2.00 e. The maximum atomic E-state index is 11.9. The third-order valence-electron chi connectivity index (χ3n) is 3.33. The summed E-state index contributed by atoms with van der Waals surface area (Å²) in [5, 5.41) is 13.1. The molecule has 2 amide bonds. The van der Waals surface area contributed by atoms with E-state index in [9.17, 15) is 14.7 Å². The van der Waals surface area contributed by atoms with Crippen LogP contribution in [0.2, 0.25) is 0 Å². The van der Waals surface area contributed by atoms with Gasteiger partial charge in [0.15, 0.2) is 0 Å². The van der Waals surface area contributed by atoms with Crippen molar-refractivity contribution in [2.24, 2.45) is 16.3 Å². The number of hydrogen-bond donors (Lipinski definition) is 1.